The monoisotopic (exact) mass is 483 g/mol. The van der Waals surface area contributed by atoms with Gasteiger partial charge in [-0.3, -0.25) is 0 Å². The highest BCUT2D eigenvalue weighted by Crippen LogP contribution is 2.33. The number of aliphatic hydroxyl groups excluding tert-OH is 7. The van der Waals surface area contributed by atoms with Crippen molar-refractivity contribution in [1.29, 1.82) is 0 Å². The molecule has 13 N–H and O–H groups in total. The minimum absolute atomic E-state index is 0.0959. The summed E-state index contributed by atoms with van der Waals surface area (Å²) in [6.07, 6.45) is -17.9. The van der Waals surface area contributed by atoms with Gasteiger partial charge in [0.15, 0.2) is 12.6 Å². The molecule has 14 heteroatoms. The number of aliphatic hydroxyl groups is 7. The lowest BCUT2D eigenvalue weighted by Gasteiger charge is -2.47. The Morgan fingerprint density at radius 3 is 1.70 bits per heavy atom. The van der Waals surface area contributed by atoms with Crippen molar-refractivity contribution in [3.63, 3.8) is 0 Å². The number of rotatable bonds is 6. The molecule has 194 valence electrons. The normalized spacial score (nSPS) is 53.1. The zero-order chi connectivity index (χ0) is 24.8. The van der Waals surface area contributed by atoms with Gasteiger partial charge in [-0.05, 0) is 20.3 Å². The molecular formula is C19H37N3O11. The highest BCUT2D eigenvalue weighted by atomic mass is 16.7. The van der Waals surface area contributed by atoms with Crippen LogP contribution in [0.1, 0.15) is 20.3 Å². The number of ether oxygens (including phenoxy) is 4. The molecule has 1 saturated carbocycles. The molecule has 2 aliphatic heterocycles. The van der Waals surface area contributed by atoms with E-state index in [4.69, 9.17) is 36.1 Å². The second-order valence-corrected chi connectivity index (χ2v) is 9.25. The van der Waals surface area contributed by atoms with Crippen LogP contribution in [0.4, 0.5) is 0 Å². The first-order valence-electron chi connectivity index (χ1n) is 11.0. The second kappa shape index (κ2) is 10.6. The largest absolute Gasteiger partial charge is 0.391 e. The van der Waals surface area contributed by atoms with E-state index in [9.17, 15) is 35.7 Å². The van der Waals surface area contributed by atoms with Gasteiger partial charge in [0, 0.05) is 18.1 Å². The predicted octanol–water partition coefficient (Wildman–Crippen LogP) is -5.84. The van der Waals surface area contributed by atoms with Crippen molar-refractivity contribution in [2.75, 3.05) is 0 Å². The van der Waals surface area contributed by atoms with Gasteiger partial charge in [-0.15, -0.1) is 0 Å². The van der Waals surface area contributed by atoms with E-state index < -0.39 is 97.8 Å². The zero-order valence-electron chi connectivity index (χ0n) is 18.4. The second-order valence-electron chi connectivity index (χ2n) is 9.25. The molecule has 0 spiro atoms. The van der Waals surface area contributed by atoms with E-state index in [1.54, 1.807) is 6.92 Å². The van der Waals surface area contributed by atoms with Crippen molar-refractivity contribution < 1.29 is 54.7 Å². The Kier molecular flexibility index (Phi) is 8.68. The average molecular weight is 484 g/mol. The molecule has 0 amide bonds. The third-order valence-electron chi connectivity index (χ3n) is 6.50. The molecule has 0 aromatic carbocycles. The van der Waals surface area contributed by atoms with Gasteiger partial charge in [0.05, 0.1) is 12.2 Å². The summed E-state index contributed by atoms with van der Waals surface area (Å²) in [5, 5.41) is 71.7. The van der Waals surface area contributed by atoms with Gasteiger partial charge < -0.3 is 71.9 Å². The third-order valence-corrected chi connectivity index (χ3v) is 6.50. The topological polar surface area (TPSA) is 257 Å². The lowest BCUT2D eigenvalue weighted by molar-refractivity contribution is -0.338. The van der Waals surface area contributed by atoms with Crippen LogP contribution in [0.15, 0.2) is 0 Å². The molecule has 2 saturated heterocycles. The van der Waals surface area contributed by atoms with Gasteiger partial charge in [0.25, 0.3) is 0 Å². The van der Waals surface area contributed by atoms with E-state index in [1.165, 1.54) is 6.92 Å². The summed E-state index contributed by atoms with van der Waals surface area (Å²) in [7, 11) is 0. The smallest absolute Gasteiger partial charge is 0.187 e. The maximum absolute atomic E-state index is 10.7. The Hall–Kier alpha value is -0.560. The van der Waals surface area contributed by atoms with Crippen molar-refractivity contribution in [3.8, 4) is 0 Å². The summed E-state index contributed by atoms with van der Waals surface area (Å²) in [6.45, 7) is 2.91. The van der Waals surface area contributed by atoms with E-state index in [2.05, 4.69) is 0 Å². The van der Waals surface area contributed by atoms with Gasteiger partial charge in [0.1, 0.15) is 54.9 Å². The first-order valence-corrected chi connectivity index (χ1v) is 11.0. The van der Waals surface area contributed by atoms with Crippen LogP contribution in [0, 0.1) is 0 Å². The van der Waals surface area contributed by atoms with Crippen LogP contribution < -0.4 is 17.2 Å². The average Bonchev–Trinajstić information content (AvgIpc) is 3.02. The predicted molar refractivity (Wildman–Crippen MR) is 109 cm³/mol. The third kappa shape index (κ3) is 5.34. The molecule has 0 bridgehead atoms. The molecule has 33 heavy (non-hydrogen) atoms. The van der Waals surface area contributed by atoms with Gasteiger partial charge in [-0.1, -0.05) is 0 Å². The van der Waals surface area contributed by atoms with Crippen LogP contribution >= 0.6 is 0 Å². The standard InChI is InChI=1S/C19H37N3O11/c1-4(20)14-11(27)13(29)19(30-14)33-17-8(24)6(21)3-7(22)16(17)32-18-12(28)9(25)10(26)15(31-18)5(2)23/h4-19,23-29H,3,20-22H2,1-2H3/t4-,5-,6+,7-,8-,9-,10-,11-,12+,13+,14+,15+,16+,17+,18+,19-/m0/s1. The molecular weight excluding hydrogens is 446 g/mol. The summed E-state index contributed by atoms with van der Waals surface area (Å²) in [4.78, 5) is 0. The zero-order valence-corrected chi connectivity index (χ0v) is 18.4. The highest BCUT2D eigenvalue weighted by molar-refractivity contribution is 5.01. The Morgan fingerprint density at radius 1 is 0.697 bits per heavy atom. The fourth-order valence-corrected chi connectivity index (χ4v) is 4.52. The van der Waals surface area contributed by atoms with Crippen molar-refractivity contribution in [2.24, 2.45) is 17.2 Å². The van der Waals surface area contributed by atoms with E-state index in [1.807, 2.05) is 0 Å². The maximum Gasteiger partial charge on any atom is 0.187 e. The van der Waals surface area contributed by atoms with Gasteiger partial charge in [0.2, 0.25) is 0 Å². The quantitative estimate of drug-likeness (QED) is 0.169. The molecule has 14 nitrogen and oxygen atoms in total. The van der Waals surface area contributed by atoms with Gasteiger partial charge in [-0.2, -0.15) is 0 Å². The Labute approximate surface area is 190 Å². The lowest BCUT2D eigenvalue weighted by atomic mass is 9.84. The molecule has 2 heterocycles. The number of nitrogens with two attached hydrogens (primary N) is 3. The molecule has 0 aromatic rings. The summed E-state index contributed by atoms with van der Waals surface area (Å²) in [5.41, 5.74) is 17.9. The molecule has 16 atom stereocenters. The number of hydrogen-bond acceptors (Lipinski definition) is 14. The van der Waals surface area contributed by atoms with Crippen LogP contribution in [0.5, 0.6) is 0 Å². The van der Waals surface area contributed by atoms with Crippen molar-refractivity contribution in [2.45, 2.75) is 118 Å². The van der Waals surface area contributed by atoms with Crippen LogP contribution in [0.2, 0.25) is 0 Å². The lowest BCUT2D eigenvalue weighted by Crippen LogP contribution is -2.67. The first kappa shape index (κ1) is 27.0. The van der Waals surface area contributed by atoms with Crippen molar-refractivity contribution in [1.82, 2.24) is 0 Å². The molecule has 0 aromatic heterocycles. The molecule has 0 radical (unpaired) electrons. The van der Waals surface area contributed by atoms with E-state index in [-0.39, 0.29) is 6.42 Å². The summed E-state index contributed by atoms with van der Waals surface area (Å²) >= 11 is 0. The van der Waals surface area contributed by atoms with Crippen LogP contribution in [-0.2, 0) is 18.9 Å². The van der Waals surface area contributed by atoms with Crippen molar-refractivity contribution in [3.05, 3.63) is 0 Å². The Bertz CT molecular complexity index is 646. The van der Waals surface area contributed by atoms with Gasteiger partial charge in [-0.25, -0.2) is 0 Å². The molecule has 3 fully saturated rings. The minimum atomic E-state index is -1.71. The van der Waals surface area contributed by atoms with Crippen LogP contribution in [0.25, 0.3) is 0 Å². The molecule has 0 unspecified atom stereocenters. The minimum Gasteiger partial charge on any atom is -0.391 e. The molecule has 1 aliphatic carbocycles. The summed E-state index contributed by atoms with van der Waals surface area (Å²) in [6, 6.07) is -2.30. The summed E-state index contributed by atoms with van der Waals surface area (Å²) < 4.78 is 22.5. The fraction of sp³-hybridized carbons (Fsp3) is 1.00. The maximum atomic E-state index is 10.7. The van der Waals surface area contributed by atoms with E-state index >= 15 is 0 Å². The first-order chi connectivity index (χ1) is 15.3. The van der Waals surface area contributed by atoms with E-state index in [0.29, 0.717) is 0 Å². The summed E-state index contributed by atoms with van der Waals surface area (Å²) in [5.74, 6) is 0. The van der Waals surface area contributed by atoms with Crippen molar-refractivity contribution >= 4 is 0 Å². The molecule has 3 rings (SSSR count). The fourth-order valence-electron chi connectivity index (χ4n) is 4.52. The van der Waals surface area contributed by atoms with E-state index in [0.717, 1.165) is 0 Å². The Morgan fingerprint density at radius 2 is 1.18 bits per heavy atom. The van der Waals surface area contributed by atoms with Gasteiger partial charge >= 0.3 is 0 Å². The van der Waals surface area contributed by atoms with Crippen LogP contribution in [0.3, 0.4) is 0 Å². The highest BCUT2D eigenvalue weighted by Gasteiger charge is 2.53. The number of hydrogen-bond donors (Lipinski definition) is 10. The van der Waals surface area contributed by atoms with Crippen LogP contribution in [-0.4, -0.2) is 134 Å². The molecule has 3 aliphatic rings. The SMILES string of the molecule is C[C@H](N)[C@H]1O[C@@H](O[C@@H]2[C@@H](O)[C@H](N)C[C@H](N)[C@H]2O[C@H]2O[C@H]([C@H](C)O)[C@@H](O)[C@H](O)[C@H]2O)[C@H](O)[C@@H]1O. The Balaban J connectivity index is 1.80.